The van der Waals surface area contributed by atoms with Gasteiger partial charge in [0.2, 0.25) is 0 Å². The lowest BCUT2D eigenvalue weighted by atomic mass is 10.1. The molecule has 0 aliphatic heterocycles. The monoisotopic (exact) mass is 329 g/mol. The van der Waals surface area contributed by atoms with Crippen molar-refractivity contribution in [2.45, 2.75) is 0 Å². The SMILES string of the molecule is COc1cc(C=Cc2nn(C(N)=O)c3cc(F)ccc23)ccc1F. The van der Waals surface area contributed by atoms with Gasteiger partial charge < -0.3 is 10.5 Å². The summed E-state index contributed by atoms with van der Waals surface area (Å²) in [7, 11) is 1.38. The molecule has 2 N–H and O–H groups in total. The summed E-state index contributed by atoms with van der Waals surface area (Å²) in [6.45, 7) is 0. The Bertz CT molecular complexity index is 964. The van der Waals surface area contributed by atoms with Crippen LogP contribution in [0.4, 0.5) is 13.6 Å². The van der Waals surface area contributed by atoms with Gasteiger partial charge in [-0.2, -0.15) is 9.78 Å². The quantitative estimate of drug-likeness (QED) is 0.800. The van der Waals surface area contributed by atoms with Crippen molar-refractivity contribution in [1.29, 1.82) is 0 Å². The van der Waals surface area contributed by atoms with Crippen molar-refractivity contribution < 1.29 is 18.3 Å². The number of aromatic nitrogens is 2. The zero-order valence-electron chi connectivity index (χ0n) is 12.7. The molecule has 0 saturated carbocycles. The normalized spacial score (nSPS) is 11.3. The molecule has 7 heteroatoms. The Labute approximate surface area is 135 Å². The first kappa shape index (κ1) is 15.7. The molecular formula is C17H13F2N3O2. The zero-order chi connectivity index (χ0) is 17.3. The van der Waals surface area contributed by atoms with E-state index in [0.717, 1.165) is 4.68 Å². The number of carbonyl (C=O) groups is 1. The van der Waals surface area contributed by atoms with Gasteiger partial charge in [0.15, 0.2) is 11.6 Å². The summed E-state index contributed by atoms with van der Waals surface area (Å²) < 4.78 is 32.7. The number of nitrogens with two attached hydrogens (primary N) is 1. The molecule has 3 aromatic rings. The lowest BCUT2D eigenvalue weighted by Gasteiger charge is -2.02. The highest BCUT2D eigenvalue weighted by atomic mass is 19.1. The second kappa shape index (κ2) is 6.11. The second-order valence-electron chi connectivity index (χ2n) is 5.02. The average molecular weight is 329 g/mol. The third-order valence-corrected chi connectivity index (χ3v) is 3.49. The smallest absolute Gasteiger partial charge is 0.340 e. The minimum absolute atomic E-state index is 0.117. The van der Waals surface area contributed by atoms with Crippen LogP contribution in [0.3, 0.4) is 0 Å². The molecule has 0 aliphatic carbocycles. The Hall–Kier alpha value is -3.22. The number of methoxy groups -OCH3 is 1. The molecule has 0 atom stereocenters. The minimum Gasteiger partial charge on any atom is -0.494 e. The van der Waals surface area contributed by atoms with Crippen LogP contribution in [0.1, 0.15) is 11.3 Å². The number of fused-ring (bicyclic) bond motifs is 1. The Morgan fingerprint density at radius 1 is 1.21 bits per heavy atom. The standard InChI is InChI=1S/C17H13F2N3O2/c1-24-16-8-10(2-6-13(16)19)3-7-14-12-5-4-11(18)9-15(12)22(21-14)17(20)23/h2-9H,1H3,(H2,20,23). The van der Waals surface area contributed by atoms with Crippen molar-refractivity contribution in [1.82, 2.24) is 9.78 Å². The van der Waals surface area contributed by atoms with Crippen LogP contribution in [-0.2, 0) is 0 Å². The molecule has 0 spiro atoms. The van der Waals surface area contributed by atoms with Crippen LogP contribution in [0.25, 0.3) is 23.1 Å². The topological polar surface area (TPSA) is 70.1 Å². The molecule has 1 aromatic heterocycles. The number of ether oxygens (including phenoxy) is 1. The molecule has 1 heterocycles. The van der Waals surface area contributed by atoms with Crippen LogP contribution in [-0.4, -0.2) is 22.9 Å². The predicted octanol–water partition coefficient (Wildman–Crippen LogP) is 3.42. The lowest BCUT2D eigenvalue weighted by Crippen LogP contribution is -2.20. The summed E-state index contributed by atoms with van der Waals surface area (Å²) in [5.74, 6) is -0.843. The number of primary amides is 1. The van der Waals surface area contributed by atoms with E-state index in [1.54, 1.807) is 18.2 Å². The molecule has 122 valence electrons. The highest BCUT2D eigenvalue weighted by Gasteiger charge is 2.12. The number of hydrogen-bond donors (Lipinski definition) is 1. The Balaban J connectivity index is 2.05. The molecule has 0 fully saturated rings. The van der Waals surface area contributed by atoms with Crippen LogP contribution in [0.2, 0.25) is 0 Å². The fourth-order valence-electron chi connectivity index (χ4n) is 2.36. The summed E-state index contributed by atoms with van der Waals surface area (Å²) in [4.78, 5) is 11.5. The third kappa shape index (κ3) is 2.83. The second-order valence-corrected chi connectivity index (χ2v) is 5.02. The van der Waals surface area contributed by atoms with Gasteiger partial charge in [-0.05, 0) is 35.9 Å². The van der Waals surface area contributed by atoms with E-state index in [2.05, 4.69) is 5.10 Å². The molecule has 0 aliphatic rings. The van der Waals surface area contributed by atoms with Crippen LogP contribution in [0, 0.1) is 11.6 Å². The van der Waals surface area contributed by atoms with E-state index in [1.807, 2.05) is 0 Å². The van der Waals surface area contributed by atoms with E-state index in [1.165, 1.54) is 37.4 Å². The van der Waals surface area contributed by atoms with Crippen molar-refractivity contribution >= 4 is 29.1 Å². The molecule has 3 rings (SSSR count). The Morgan fingerprint density at radius 2 is 2.00 bits per heavy atom. The van der Waals surface area contributed by atoms with Gasteiger partial charge in [0.05, 0.1) is 18.3 Å². The number of benzene rings is 2. The van der Waals surface area contributed by atoms with Crippen molar-refractivity contribution in [3.05, 3.63) is 59.3 Å². The largest absolute Gasteiger partial charge is 0.494 e. The molecule has 0 radical (unpaired) electrons. The fraction of sp³-hybridized carbons (Fsp3) is 0.0588. The van der Waals surface area contributed by atoms with Crippen LogP contribution >= 0.6 is 0 Å². The Morgan fingerprint density at radius 3 is 2.71 bits per heavy atom. The molecule has 1 amide bonds. The number of halogens is 2. The van der Waals surface area contributed by atoms with Gasteiger partial charge in [0.25, 0.3) is 0 Å². The van der Waals surface area contributed by atoms with Crippen molar-refractivity contribution in [2.75, 3.05) is 7.11 Å². The van der Waals surface area contributed by atoms with E-state index >= 15 is 0 Å². The molecular weight excluding hydrogens is 316 g/mol. The maximum atomic E-state index is 13.4. The summed E-state index contributed by atoms with van der Waals surface area (Å²) in [5, 5.41) is 4.66. The summed E-state index contributed by atoms with van der Waals surface area (Å²) in [6.07, 6.45) is 3.31. The van der Waals surface area contributed by atoms with Gasteiger partial charge in [-0.3, -0.25) is 0 Å². The van der Waals surface area contributed by atoms with Crippen molar-refractivity contribution in [2.24, 2.45) is 5.73 Å². The van der Waals surface area contributed by atoms with Gasteiger partial charge in [-0.1, -0.05) is 12.1 Å². The van der Waals surface area contributed by atoms with E-state index in [-0.39, 0.29) is 11.3 Å². The van der Waals surface area contributed by atoms with Gasteiger partial charge in [0, 0.05) is 11.5 Å². The first-order valence-electron chi connectivity index (χ1n) is 6.99. The van der Waals surface area contributed by atoms with E-state index in [0.29, 0.717) is 16.6 Å². The molecule has 0 bridgehead atoms. The maximum Gasteiger partial charge on any atom is 0.340 e. The molecule has 0 unspecified atom stereocenters. The van der Waals surface area contributed by atoms with E-state index in [4.69, 9.17) is 10.5 Å². The number of carbonyl (C=O) groups excluding carboxylic acids is 1. The molecule has 2 aromatic carbocycles. The van der Waals surface area contributed by atoms with E-state index < -0.39 is 17.7 Å². The predicted molar refractivity (Wildman–Crippen MR) is 86.6 cm³/mol. The highest BCUT2D eigenvalue weighted by molar-refractivity contribution is 5.95. The van der Waals surface area contributed by atoms with Gasteiger partial charge in [0.1, 0.15) is 5.82 Å². The molecule has 0 saturated heterocycles. The van der Waals surface area contributed by atoms with Crippen LogP contribution < -0.4 is 10.5 Å². The number of hydrogen-bond acceptors (Lipinski definition) is 3. The minimum atomic E-state index is -0.811. The van der Waals surface area contributed by atoms with Crippen molar-refractivity contribution in [3.8, 4) is 5.75 Å². The Kier molecular flexibility index (Phi) is 3.99. The van der Waals surface area contributed by atoms with Crippen LogP contribution in [0.5, 0.6) is 5.75 Å². The fourth-order valence-corrected chi connectivity index (χ4v) is 2.36. The first-order valence-corrected chi connectivity index (χ1v) is 6.99. The summed E-state index contributed by atoms with van der Waals surface area (Å²) >= 11 is 0. The number of amides is 1. The average Bonchev–Trinajstić information content (AvgIpc) is 2.92. The lowest BCUT2D eigenvalue weighted by molar-refractivity contribution is 0.248. The summed E-state index contributed by atoms with van der Waals surface area (Å²) in [6, 6.07) is 7.54. The molecule has 5 nitrogen and oxygen atoms in total. The number of nitrogens with zero attached hydrogens (tertiary/aromatic N) is 2. The van der Waals surface area contributed by atoms with Gasteiger partial charge in [-0.15, -0.1) is 0 Å². The van der Waals surface area contributed by atoms with Crippen LogP contribution in [0.15, 0.2) is 36.4 Å². The zero-order valence-corrected chi connectivity index (χ0v) is 12.7. The van der Waals surface area contributed by atoms with Gasteiger partial charge >= 0.3 is 6.03 Å². The van der Waals surface area contributed by atoms with E-state index in [9.17, 15) is 13.6 Å². The maximum absolute atomic E-state index is 13.4. The molecule has 24 heavy (non-hydrogen) atoms. The van der Waals surface area contributed by atoms with Gasteiger partial charge in [-0.25, -0.2) is 13.6 Å². The highest BCUT2D eigenvalue weighted by Crippen LogP contribution is 2.23. The number of rotatable bonds is 3. The first-order chi connectivity index (χ1) is 11.5. The van der Waals surface area contributed by atoms with Crippen molar-refractivity contribution in [3.63, 3.8) is 0 Å². The third-order valence-electron chi connectivity index (χ3n) is 3.49. The summed E-state index contributed by atoms with van der Waals surface area (Å²) in [5.41, 5.74) is 6.65.